The lowest BCUT2D eigenvalue weighted by molar-refractivity contribution is 0.415. The van der Waals surface area contributed by atoms with E-state index in [0.717, 1.165) is 30.7 Å². The van der Waals surface area contributed by atoms with Gasteiger partial charge >= 0.3 is 0 Å². The Balaban J connectivity index is 2.44. The fraction of sp³-hybridized carbons (Fsp3) is 0.571. The Morgan fingerprint density at radius 1 is 1.47 bits per heavy atom. The van der Waals surface area contributed by atoms with E-state index in [1.54, 1.807) is 6.07 Å². The second-order valence-corrected chi connectivity index (χ2v) is 7.41. The van der Waals surface area contributed by atoms with E-state index in [2.05, 4.69) is 11.3 Å². The fourth-order valence-electron chi connectivity index (χ4n) is 2.13. The molecule has 0 aromatic heterocycles. The van der Waals surface area contributed by atoms with E-state index in [1.807, 2.05) is 29.6 Å². The Kier molecular flexibility index (Phi) is 4.47. The third-order valence-electron chi connectivity index (χ3n) is 3.49. The maximum Gasteiger partial charge on any atom is 0.139 e. The van der Waals surface area contributed by atoms with E-state index in [4.69, 9.17) is 5.73 Å². The third-order valence-corrected chi connectivity index (χ3v) is 5.97. The van der Waals surface area contributed by atoms with Crippen LogP contribution in [0.4, 0.5) is 5.69 Å². The molecule has 2 N–H and O–H groups in total. The highest BCUT2D eigenvalue weighted by Gasteiger charge is 2.24. The van der Waals surface area contributed by atoms with Crippen molar-refractivity contribution in [2.24, 2.45) is 4.36 Å². The zero-order valence-electron chi connectivity index (χ0n) is 11.7. The van der Waals surface area contributed by atoms with Gasteiger partial charge in [-0.15, -0.1) is 0 Å². The van der Waals surface area contributed by atoms with Crippen LogP contribution in [-0.2, 0) is 9.92 Å². The van der Waals surface area contributed by atoms with Gasteiger partial charge in [0.15, 0.2) is 0 Å². The number of nitrogens with zero attached hydrogens (tertiary/aromatic N) is 2. The predicted octanol–water partition coefficient (Wildman–Crippen LogP) is 2.91. The number of rotatable bonds is 5. The molecule has 0 bridgehead atoms. The van der Waals surface area contributed by atoms with Crippen LogP contribution in [0.3, 0.4) is 0 Å². The first-order chi connectivity index (χ1) is 9.06. The minimum Gasteiger partial charge on any atom is -0.399 e. The van der Waals surface area contributed by atoms with Crippen molar-refractivity contribution < 1.29 is 4.21 Å². The maximum atomic E-state index is 13.3. The van der Waals surface area contributed by atoms with Crippen LogP contribution in [0.1, 0.15) is 32.6 Å². The standard InChI is InChI=1S/C14H23N3OS/c1-3-10-17(2)19(18,16-13-7-5-8-13)14-9-4-6-12(15)11-14/h4,6,9,11,13H,3,5,7-8,10,15H2,1-2H3. The Hall–Kier alpha value is -1.07. The molecule has 0 amide bonds. The second-order valence-electron chi connectivity index (χ2n) is 5.11. The molecule has 1 atom stereocenters. The number of anilines is 1. The maximum absolute atomic E-state index is 13.3. The minimum absolute atomic E-state index is 0.244. The quantitative estimate of drug-likeness (QED) is 0.844. The summed E-state index contributed by atoms with van der Waals surface area (Å²) in [6, 6.07) is 7.56. The fourth-order valence-corrected chi connectivity index (χ4v) is 4.37. The lowest BCUT2D eigenvalue weighted by atomic mass is 9.95. The zero-order chi connectivity index (χ0) is 13.9. The monoisotopic (exact) mass is 281 g/mol. The highest BCUT2D eigenvalue weighted by Crippen LogP contribution is 2.28. The number of hydrogen-bond acceptors (Lipinski definition) is 3. The first-order valence-corrected chi connectivity index (χ1v) is 8.36. The van der Waals surface area contributed by atoms with Crippen LogP contribution in [0.25, 0.3) is 0 Å². The van der Waals surface area contributed by atoms with E-state index in [-0.39, 0.29) is 6.04 Å². The SMILES string of the molecule is CCCN(C)S(=O)(=NC1CCC1)c1cccc(N)c1. The summed E-state index contributed by atoms with van der Waals surface area (Å²) in [5.74, 6) is 0. The molecule has 5 heteroatoms. The molecule has 1 aromatic rings. The molecule has 1 aromatic carbocycles. The average Bonchev–Trinajstić information content (AvgIpc) is 2.34. The van der Waals surface area contributed by atoms with Crippen LogP contribution in [0.15, 0.2) is 33.5 Å². The van der Waals surface area contributed by atoms with Gasteiger partial charge in [-0.25, -0.2) is 12.9 Å². The molecule has 0 saturated heterocycles. The number of hydrogen-bond donors (Lipinski definition) is 1. The highest BCUT2D eigenvalue weighted by molar-refractivity contribution is 7.91. The molecule has 0 spiro atoms. The van der Waals surface area contributed by atoms with E-state index in [0.29, 0.717) is 5.69 Å². The van der Waals surface area contributed by atoms with Gasteiger partial charge in [0, 0.05) is 19.3 Å². The molecule has 0 radical (unpaired) electrons. The summed E-state index contributed by atoms with van der Waals surface area (Å²) in [6.07, 6.45) is 4.26. The predicted molar refractivity (Wildman–Crippen MR) is 80.3 cm³/mol. The van der Waals surface area contributed by atoms with Crippen LogP contribution in [-0.4, -0.2) is 28.1 Å². The smallest absolute Gasteiger partial charge is 0.139 e. The summed E-state index contributed by atoms with van der Waals surface area (Å²) < 4.78 is 19.9. The van der Waals surface area contributed by atoms with Crippen molar-refractivity contribution in [1.29, 1.82) is 0 Å². The Labute approximate surface area is 116 Å². The molecular formula is C14H23N3OS. The normalized spacial score (nSPS) is 18.9. The number of benzene rings is 1. The van der Waals surface area contributed by atoms with E-state index < -0.39 is 9.92 Å². The van der Waals surface area contributed by atoms with Gasteiger partial charge in [-0.05, 0) is 43.9 Å². The van der Waals surface area contributed by atoms with E-state index in [1.165, 1.54) is 6.42 Å². The highest BCUT2D eigenvalue weighted by atomic mass is 32.2. The van der Waals surface area contributed by atoms with Crippen molar-refractivity contribution in [1.82, 2.24) is 4.31 Å². The van der Waals surface area contributed by atoms with Gasteiger partial charge in [-0.3, -0.25) is 0 Å². The van der Waals surface area contributed by atoms with Crippen LogP contribution in [0, 0.1) is 0 Å². The molecule has 0 heterocycles. The molecule has 1 fully saturated rings. The summed E-state index contributed by atoms with van der Waals surface area (Å²) in [7, 11) is -0.627. The molecular weight excluding hydrogens is 258 g/mol. The van der Waals surface area contributed by atoms with Crippen molar-refractivity contribution in [2.75, 3.05) is 19.3 Å². The van der Waals surface area contributed by atoms with E-state index >= 15 is 0 Å². The third kappa shape index (κ3) is 3.09. The van der Waals surface area contributed by atoms with Gasteiger partial charge in [0.05, 0.1) is 10.9 Å². The summed E-state index contributed by atoms with van der Waals surface area (Å²) in [5, 5.41) is 0. The van der Waals surface area contributed by atoms with Gasteiger partial charge in [-0.1, -0.05) is 13.0 Å². The average molecular weight is 281 g/mol. The van der Waals surface area contributed by atoms with Crippen LogP contribution < -0.4 is 5.73 Å². The molecule has 4 nitrogen and oxygen atoms in total. The van der Waals surface area contributed by atoms with Gasteiger partial charge in [-0.2, -0.15) is 0 Å². The lowest BCUT2D eigenvalue weighted by Gasteiger charge is -2.27. The molecule has 1 saturated carbocycles. The minimum atomic E-state index is -2.51. The first-order valence-electron chi connectivity index (χ1n) is 6.89. The Bertz CT molecular complexity index is 545. The summed E-state index contributed by atoms with van der Waals surface area (Å²) in [4.78, 5) is 0.732. The Morgan fingerprint density at radius 2 is 2.21 bits per heavy atom. The lowest BCUT2D eigenvalue weighted by Crippen LogP contribution is -2.30. The van der Waals surface area contributed by atoms with Crippen LogP contribution in [0.2, 0.25) is 0 Å². The van der Waals surface area contributed by atoms with Crippen LogP contribution >= 0.6 is 0 Å². The molecule has 2 rings (SSSR count). The van der Waals surface area contributed by atoms with Crippen molar-refractivity contribution in [3.05, 3.63) is 24.3 Å². The molecule has 1 aliphatic rings. The Morgan fingerprint density at radius 3 is 2.74 bits per heavy atom. The number of nitrogens with two attached hydrogens (primary N) is 1. The summed E-state index contributed by atoms with van der Waals surface area (Å²) in [6.45, 7) is 2.85. The van der Waals surface area contributed by atoms with Crippen molar-refractivity contribution in [2.45, 2.75) is 43.5 Å². The van der Waals surface area contributed by atoms with Gasteiger partial charge in [0.25, 0.3) is 0 Å². The topological polar surface area (TPSA) is 58.7 Å². The van der Waals surface area contributed by atoms with Gasteiger partial charge in [0.1, 0.15) is 9.92 Å². The van der Waals surface area contributed by atoms with Crippen molar-refractivity contribution in [3.8, 4) is 0 Å². The molecule has 0 aliphatic heterocycles. The van der Waals surface area contributed by atoms with Crippen molar-refractivity contribution in [3.63, 3.8) is 0 Å². The van der Waals surface area contributed by atoms with Crippen LogP contribution in [0.5, 0.6) is 0 Å². The second kappa shape index (κ2) is 5.92. The molecule has 1 aliphatic carbocycles. The molecule has 19 heavy (non-hydrogen) atoms. The first kappa shape index (κ1) is 14.3. The van der Waals surface area contributed by atoms with Gasteiger partial charge in [0.2, 0.25) is 0 Å². The largest absolute Gasteiger partial charge is 0.399 e. The summed E-state index contributed by atoms with van der Waals surface area (Å²) >= 11 is 0. The summed E-state index contributed by atoms with van der Waals surface area (Å²) in [5.41, 5.74) is 6.46. The zero-order valence-corrected chi connectivity index (χ0v) is 12.5. The van der Waals surface area contributed by atoms with E-state index in [9.17, 15) is 4.21 Å². The number of nitrogen functional groups attached to an aromatic ring is 1. The van der Waals surface area contributed by atoms with Crippen molar-refractivity contribution >= 4 is 15.6 Å². The molecule has 1 unspecified atom stereocenters. The molecule has 106 valence electrons. The van der Waals surface area contributed by atoms with Gasteiger partial charge < -0.3 is 5.73 Å².